The average Bonchev–Trinajstić information content (AvgIpc) is 2.42. The molecule has 19 heavy (non-hydrogen) atoms. The van der Waals surface area contributed by atoms with Crippen molar-refractivity contribution in [2.45, 2.75) is 32.7 Å². The molecule has 2 heterocycles. The molecule has 0 radical (unpaired) electrons. The van der Waals surface area contributed by atoms with Gasteiger partial charge in [0.1, 0.15) is 0 Å². The number of anilines is 1. The standard InChI is InChI=1S/C14H24N4O/c1-12-4-8-17(9-5-12)13-10-14(19)18(16-11-13)7-3-6-15-2/h10-12,15H,3-9H2,1-2H3. The van der Waals surface area contributed by atoms with Crippen molar-refractivity contribution in [2.24, 2.45) is 5.92 Å². The highest BCUT2D eigenvalue weighted by Gasteiger charge is 2.16. The van der Waals surface area contributed by atoms with E-state index in [1.165, 1.54) is 12.8 Å². The fraction of sp³-hybridized carbons (Fsp3) is 0.714. The van der Waals surface area contributed by atoms with Gasteiger partial charge in [-0.2, -0.15) is 5.10 Å². The summed E-state index contributed by atoms with van der Waals surface area (Å²) in [5.74, 6) is 0.797. The van der Waals surface area contributed by atoms with Gasteiger partial charge in [-0.05, 0) is 38.8 Å². The molecule has 0 spiro atoms. The van der Waals surface area contributed by atoms with Gasteiger partial charge in [-0.15, -0.1) is 0 Å². The lowest BCUT2D eigenvalue weighted by Crippen LogP contribution is -2.34. The van der Waals surface area contributed by atoms with Crippen molar-refractivity contribution in [3.63, 3.8) is 0 Å². The zero-order valence-corrected chi connectivity index (χ0v) is 11.9. The summed E-state index contributed by atoms with van der Waals surface area (Å²) in [5, 5.41) is 7.35. The number of piperidine rings is 1. The van der Waals surface area contributed by atoms with E-state index in [2.05, 4.69) is 22.2 Å². The SMILES string of the molecule is CNCCCn1ncc(N2CCC(C)CC2)cc1=O. The molecule has 0 bridgehead atoms. The van der Waals surface area contributed by atoms with Crippen molar-refractivity contribution in [3.05, 3.63) is 22.6 Å². The van der Waals surface area contributed by atoms with E-state index in [1.807, 2.05) is 13.2 Å². The fourth-order valence-electron chi connectivity index (χ4n) is 2.44. The molecule has 1 fully saturated rings. The van der Waals surface area contributed by atoms with Crippen molar-refractivity contribution in [3.8, 4) is 0 Å². The van der Waals surface area contributed by atoms with E-state index in [0.29, 0.717) is 6.54 Å². The Labute approximate surface area is 114 Å². The fourth-order valence-corrected chi connectivity index (χ4v) is 2.44. The van der Waals surface area contributed by atoms with Gasteiger partial charge in [0.15, 0.2) is 0 Å². The van der Waals surface area contributed by atoms with Crippen LogP contribution in [0.15, 0.2) is 17.1 Å². The molecule has 0 saturated carbocycles. The lowest BCUT2D eigenvalue weighted by atomic mass is 9.99. The number of rotatable bonds is 5. The molecule has 0 amide bonds. The summed E-state index contributed by atoms with van der Waals surface area (Å²) in [7, 11) is 1.91. The second kappa shape index (κ2) is 6.70. The summed E-state index contributed by atoms with van der Waals surface area (Å²) in [4.78, 5) is 14.3. The lowest BCUT2D eigenvalue weighted by molar-refractivity contribution is 0.437. The smallest absolute Gasteiger partial charge is 0.268 e. The van der Waals surface area contributed by atoms with Gasteiger partial charge in [-0.1, -0.05) is 6.92 Å². The van der Waals surface area contributed by atoms with E-state index in [0.717, 1.165) is 37.7 Å². The van der Waals surface area contributed by atoms with Crippen molar-refractivity contribution < 1.29 is 0 Å². The van der Waals surface area contributed by atoms with Crippen LogP contribution in [0.3, 0.4) is 0 Å². The molecule has 0 atom stereocenters. The van der Waals surface area contributed by atoms with Crippen LogP contribution in [0.4, 0.5) is 5.69 Å². The van der Waals surface area contributed by atoms with Gasteiger partial charge in [-0.3, -0.25) is 4.79 Å². The number of aryl methyl sites for hydroxylation is 1. The van der Waals surface area contributed by atoms with E-state index in [1.54, 1.807) is 10.7 Å². The van der Waals surface area contributed by atoms with Crippen LogP contribution in [0.1, 0.15) is 26.2 Å². The Hall–Kier alpha value is -1.36. The predicted octanol–water partition coefficient (Wildman–Crippen LogP) is 1.09. The second-order valence-corrected chi connectivity index (χ2v) is 5.40. The molecule has 2 rings (SSSR count). The molecule has 5 heteroatoms. The first kappa shape index (κ1) is 14.1. The molecule has 1 aromatic rings. The van der Waals surface area contributed by atoms with Crippen LogP contribution < -0.4 is 15.8 Å². The Morgan fingerprint density at radius 3 is 2.79 bits per heavy atom. The van der Waals surface area contributed by atoms with Crippen LogP contribution in [0, 0.1) is 5.92 Å². The Balaban J connectivity index is 2.00. The maximum Gasteiger partial charge on any atom is 0.268 e. The molecule has 0 aliphatic carbocycles. The third kappa shape index (κ3) is 3.80. The zero-order chi connectivity index (χ0) is 13.7. The van der Waals surface area contributed by atoms with Gasteiger partial charge >= 0.3 is 0 Å². The number of nitrogens with one attached hydrogen (secondary N) is 1. The van der Waals surface area contributed by atoms with Crippen LogP contribution in [-0.2, 0) is 6.54 Å². The molecule has 5 nitrogen and oxygen atoms in total. The topological polar surface area (TPSA) is 50.2 Å². The van der Waals surface area contributed by atoms with E-state index in [-0.39, 0.29) is 5.56 Å². The van der Waals surface area contributed by atoms with Crippen molar-refractivity contribution in [1.82, 2.24) is 15.1 Å². The molecule has 106 valence electrons. The Bertz CT molecular complexity index is 449. The monoisotopic (exact) mass is 264 g/mol. The molecular formula is C14H24N4O. The lowest BCUT2D eigenvalue weighted by Gasteiger charge is -2.31. The van der Waals surface area contributed by atoms with Gasteiger partial charge in [-0.25, -0.2) is 4.68 Å². The van der Waals surface area contributed by atoms with Crippen LogP contribution in [-0.4, -0.2) is 36.5 Å². The minimum absolute atomic E-state index is 0.00669. The Morgan fingerprint density at radius 1 is 1.42 bits per heavy atom. The van der Waals surface area contributed by atoms with Crippen LogP contribution in [0.5, 0.6) is 0 Å². The number of aromatic nitrogens is 2. The Kier molecular flexibility index (Phi) is 4.96. The predicted molar refractivity (Wildman–Crippen MR) is 77.7 cm³/mol. The van der Waals surface area contributed by atoms with E-state index >= 15 is 0 Å². The average molecular weight is 264 g/mol. The highest BCUT2D eigenvalue weighted by Crippen LogP contribution is 2.20. The molecule has 1 aromatic heterocycles. The number of hydrogen-bond acceptors (Lipinski definition) is 4. The molecule has 1 N–H and O–H groups in total. The first-order valence-electron chi connectivity index (χ1n) is 7.17. The van der Waals surface area contributed by atoms with Crippen molar-refractivity contribution in [2.75, 3.05) is 31.6 Å². The minimum atomic E-state index is 0.00669. The van der Waals surface area contributed by atoms with E-state index < -0.39 is 0 Å². The summed E-state index contributed by atoms with van der Waals surface area (Å²) in [6, 6.07) is 1.72. The van der Waals surface area contributed by atoms with Crippen LogP contribution in [0.25, 0.3) is 0 Å². The van der Waals surface area contributed by atoms with Crippen LogP contribution >= 0.6 is 0 Å². The van der Waals surface area contributed by atoms with Crippen LogP contribution in [0.2, 0.25) is 0 Å². The van der Waals surface area contributed by atoms with Gasteiger partial charge in [0.05, 0.1) is 11.9 Å². The van der Waals surface area contributed by atoms with Gasteiger partial charge < -0.3 is 10.2 Å². The molecule has 0 aromatic carbocycles. The van der Waals surface area contributed by atoms with Gasteiger partial charge in [0.25, 0.3) is 5.56 Å². The van der Waals surface area contributed by atoms with E-state index in [9.17, 15) is 4.79 Å². The molecule has 0 unspecified atom stereocenters. The van der Waals surface area contributed by atoms with Crippen molar-refractivity contribution in [1.29, 1.82) is 0 Å². The molecule has 1 aliphatic heterocycles. The third-order valence-electron chi connectivity index (χ3n) is 3.80. The maximum absolute atomic E-state index is 12.0. The third-order valence-corrected chi connectivity index (χ3v) is 3.80. The molecule has 1 saturated heterocycles. The number of hydrogen-bond donors (Lipinski definition) is 1. The molecule has 1 aliphatic rings. The first-order chi connectivity index (χ1) is 9.20. The maximum atomic E-state index is 12.0. The van der Waals surface area contributed by atoms with Gasteiger partial charge in [0, 0.05) is 25.7 Å². The number of nitrogens with zero attached hydrogens (tertiary/aromatic N) is 3. The largest absolute Gasteiger partial charge is 0.370 e. The second-order valence-electron chi connectivity index (χ2n) is 5.40. The quantitative estimate of drug-likeness (QED) is 0.809. The first-order valence-corrected chi connectivity index (χ1v) is 7.17. The highest BCUT2D eigenvalue weighted by atomic mass is 16.1. The van der Waals surface area contributed by atoms with E-state index in [4.69, 9.17) is 0 Å². The summed E-state index contributed by atoms with van der Waals surface area (Å²) in [6.45, 7) is 5.93. The van der Waals surface area contributed by atoms with Crippen molar-refractivity contribution >= 4 is 5.69 Å². The summed E-state index contributed by atoms with van der Waals surface area (Å²) in [5.41, 5.74) is 0.981. The summed E-state index contributed by atoms with van der Waals surface area (Å²) in [6.07, 6.45) is 5.15. The highest BCUT2D eigenvalue weighted by molar-refractivity contribution is 5.43. The normalized spacial score (nSPS) is 16.8. The summed E-state index contributed by atoms with van der Waals surface area (Å²) >= 11 is 0. The molecular weight excluding hydrogens is 240 g/mol. The van der Waals surface area contributed by atoms with Gasteiger partial charge in [0.2, 0.25) is 0 Å². The summed E-state index contributed by atoms with van der Waals surface area (Å²) < 4.78 is 1.55. The minimum Gasteiger partial charge on any atom is -0.370 e. The zero-order valence-electron chi connectivity index (χ0n) is 11.9. The Morgan fingerprint density at radius 2 is 2.16 bits per heavy atom.